The van der Waals surface area contributed by atoms with Crippen LogP contribution in [0.1, 0.15) is 36.7 Å². The topological polar surface area (TPSA) is 68.6 Å². The van der Waals surface area contributed by atoms with Crippen LogP contribution >= 0.6 is 0 Å². The highest BCUT2D eigenvalue weighted by molar-refractivity contribution is 5.77. The van der Waals surface area contributed by atoms with Gasteiger partial charge in [0.05, 0.1) is 18.9 Å². The molecule has 8 heteroatoms. The van der Waals surface area contributed by atoms with E-state index >= 15 is 0 Å². The number of aryl methyl sites for hydroxylation is 1. The van der Waals surface area contributed by atoms with Gasteiger partial charge in [-0.15, -0.1) is 0 Å². The van der Waals surface area contributed by atoms with Gasteiger partial charge in [0.15, 0.2) is 6.61 Å². The summed E-state index contributed by atoms with van der Waals surface area (Å²) in [4.78, 5) is 14.6. The van der Waals surface area contributed by atoms with Crippen molar-refractivity contribution in [3.05, 3.63) is 47.0 Å². The van der Waals surface area contributed by atoms with Gasteiger partial charge < -0.3 is 14.8 Å². The van der Waals surface area contributed by atoms with Crippen molar-refractivity contribution < 1.29 is 18.7 Å². The van der Waals surface area contributed by atoms with Gasteiger partial charge in [-0.2, -0.15) is 5.10 Å². The summed E-state index contributed by atoms with van der Waals surface area (Å²) in [5, 5.41) is 7.86. The third kappa shape index (κ3) is 4.99. The van der Waals surface area contributed by atoms with Crippen LogP contribution in [0, 0.1) is 5.82 Å². The van der Waals surface area contributed by atoms with Crippen LogP contribution in [0.25, 0.3) is 0 Å². The summed E-state index contributed by atoms with van der Waals surface area (Å²) < 4.78 is 26.1. The Morgan fingerprint density at radius 1 is 1.30 bits per heavy atom. The molecule has 4 rings (SSSR count). The van der Waals surface area contributed by atoms with Crippen LogP contribution in [0.2, 0.25) is 0 Å². The van der Waals surface area contributed by atoms with Crippen LogP contribution < -0.4 is 10.1 Å². The fraction of sp³-hybridized carbons (Fsp3) is 0.545. The highest BCUT2D eigenvalue weighted by Gasteiger charge is 2.25. The third-order valence-electron chi connectivity index (χ3n) is 5.79. The molecular formula is C22H29FN4O3. The molecule has 162 valence electrons. The first kappa shape index (κ1) is 20.8. The first-order valence-electron chi connectivity index (χ1n) is 10.7. The zero-order valence-electron chi connectivity index (χ0n) is 17.4. The minimum atomic E-state index is -0.326. The summed E-state index contributed by atoms with van der Waals surface area (Å²) in [7, 11) is 0. The molecule has 0 unspecified atom stereocenters. The largest absolute Gasteiger partial charge is 0.484 e. The Morgan fingerprint density at radius 2 is 2.07 bits per heavy atom. The Morgan fingerprint density at radius 3 is 2.80 bits per heavy atom. The van der Waals surface area contributed by atoms with Crippen LogP contribution in [0.4, 0.5) is 4.39 Å². The number of ether oxygens (including phenoxy) is 2. The zero-order chi connectivity index (χ0) is 20.9. The lowest BCUT2D eigenvalue weighted by molar-refractivity contribution is -0.124. The van der Waals surface area contributed by atoms with E-state index in [1.807, 2.05) is 0 Å². The lowest BCUT2D eigenvalue weighted by atomic mass is 10.0. The zero-order valence-corrected chi connectivity index (χ0v) is 17.4. The second kappa shape index (κ2) is 9.57. The van der Waals surface area contributed by atoms with Gasteiger partial charge in [0, 0.05) is 49.9 Å². The minimum Gasteiger partial charge on any atom is -0.484 e. The molecule has 1 saturated heterocycles. The quantitative estimate of drug-likeness (QED) is 0.750. The molecule has 0 atom stereocenters. The van der Waals surface area contributed by atoms with Crippen molar-refractivity contribution in [2.75, 3.05) is 26.3 Å². The molecule has 2 aliphatic heterocycles. The van der Waals surface area contributed by atoms with E-state index in [0.29, 0.717) is 12.4 Å². The summed E-state index contributed by atoms with van der Waals surface area (Å²) in [6.45, 7) is 7.03. The summed E-state index contributed by atoms with van der Waals surface area (Å²) in [5.74, 6) is 0.0129. The minimum absolute atomic E-state index is 0.0631. The van der Waals surface area contributed by atoms with Crippen molar-refractivity contribution in [1.29, 1.82) is 0 Å². The molecule has 0 spiro atoms. The van der Waals surface area contributed by atoms with E-state index in [4.69, 9.17) is 14.6 Å². The van der Waals surface area contributed by atoms with Gasteiger partial charge >= 0.3 is 0 Å². The summed E-state index contributed by atoms with van der Waals surface area (Å²) >= 11 is 0. The van der Waals surface area contributed by atoms with Crippen molar-refractivity contribution in [3.8, 4) is 5.75 Å². The molecule has 2 aliphatic rings. The average molecular weight is 416 g/mol. The van der Waals surface area contributed by atoms with Gasteiger partial charge in [-0.3, -0.25) is 14.4 Å². The SMILES string of the molecule is CCn1nc(CN2CCC(NC(=O)COc3ccc(F)cc3)CC2)c2c1CCOC2. The second-order valence-corrected chi connectivity index (χ2v) is 7.85. The smallest absolute Gasteiger partial charge is 0.258 e. The van der Waals surface area contributed by atoms with E-state index < -0.39 is 0 Å². The molecule has 30 heavy (non-hydrogen) atoms. The predicted molar refractivity (Wildman–Crippen MR) is 110 cm³/mol. The van der Waals surface area contributed by atoms with E-state index in [9.17, 15) is 9.18 Å². The number of benzene rings is 1. The Bertz CT molecular complexity index is 860. The molecule has 2 aromatic rings. The standard InChI is InChI=1S/C22H29FN4O3/c1-2-27-21-9-12-29-14-19(21)20(25-27)13-26-10-7-17(8-11-26)24-22(28)15-30-18-5-3-16(23)4-6-18/h3-6,17H,2,7-15H2,1H3,(H,24,28). The summed E-state index contributed by atoms with van der Waals surface area (Å²) in [5.41, 5.74) is 3.71. The number of fused-ring (bicyclic) bond motifs is 1. The average Bonchev–Trinajstić information content (AvgIpc) is 3.12. The van der Waals surface area contributed by atoms with Gasteiger partial charge in [0.2, 0.25) is 0 Å². The van der Waals surface area contributed by atoms with Crippen molar-refractivity contribution in [1.82, 2.24) is 20.0 Å². The van der Waals surface area contributed by atoms with Crippen LogP contribution in [-0.2, 0) is 35.6 Å². The highest BCUT2D eigenvalue weighted by atomic mass is 19.1. The van der Waals surface area contributed by atoms with Crippen LogP contribution in [0.3, 0.4) is 0 Å². The number of carbonyl (C=O) groups is 1. The van der Waals surface area contributed by atoms with Crippen molar-refractivity contribution in [2.24, 2.45) is 0 Å². The van der Waals surface area contributed by atoms with Crippen LogP contribution in [-0.4, -0.2) is 52.9 Å². The lowest BCUT2D eigenvalue weighted by Crippen LogP contribution is -2.45. The number of aromatic nitrogens is 2. The molecule has 1 N–H and O–H groups in total. The van der Waals surface area contributed by atoms with Crippen LogP contribution in [0.5, 0.6) is 5.75 Å². The number of halogens is 1. The number of piperidine rings is 1. The normalized spacial score (nSPS) is 17.5. The van der Waals surface area contributed by atoms with E-state index in [2.05, 4.69) is 21.8 Å². The van der Waals surface area contributed by atoms with Gasteiger partial charge in [0.25, 0.3) is 5.91 Å². The third-order valence-corrected chi connectivity index (χ3v) is 5.79. The maximum absolute atomic E-state index is 12.9. The molecule has 1 aromatic heterocycles. The Hall–Kier alpha value is -2.45. The highest BCUT2D eigenvalue weighted by Crippen LogP contribution is 2.23. The molecule has 1 fully saturated rings. The van der Waals surface area contributed by atoms with E-state index in [1.54, 1.807) is 0 Å². The number of likely N-dealkylation sites (tertiary alicyclic amines) is 1. The molecule has 0 aliphatic carbocycles. The number of carbonyl (C=O) groups excluding carboxylic acids is 1. The molecule has 7 nitrogen and oxygen atoms in total. The van der Waals surface area contributed by atoms with Gasteiger partial charge in [-0.05, 0) is 44.0 Å². The first-order chi connectivity index (χ1) is 14.6. The fourth-order valence-electron chi connectivity index (χ4n) is 4.16. The van der Waals surface area contributed by atoms with Gasteiger partial charge in [-0.25, -0.2) is 4.39 Å². The molecule has 3 heterocycles. The monoisotopic (exact) mass is 416 g/mol. The molecule has 0 bridgehead atoms. The molecule has 0 saturated carbocycles. The van der Waals surface area contributed by atoms with Crippen molar-refractivity contribution in [3.63, 3.8) is 0 Å². The molecular weight excluding hydrogens is 387 g/mol. The summed E-state index contributed by atoms with van der Waals surface area (Å²) in [6, 6.07) is 5.82. The number of amides is 1. The Balaban J connectivity index is 1.23. The second-order valence-electron chi connectivity index (χ2n) is 7.85. The Kier molecular flexibility index (Phi) is 6.64. The Labute approximate surface area is 176 Å². The molecule has 1 aromatic carbocycles. The predicted octanol–water partition coefficient (Wildman–Crippen LogP) is 2.27. The first-order valence-corrected chi connectivity index (χ1v) is 10.7. The molecule has 0 radical (unpaired) electrons. The number of hydrogen-bond acceptors (Lipinski definition) is 5. The van der Waals surface area contributed by atoms with Crippen molar-refractivity contribution in [2.45, 2.75) is 51.9 Å². The fourth-order valence-corrected chi connectivity index (χ4v) is 4.16. The maximum atomic E-state index is 12.9. The summed E-state index contributed by atoms with van der Waals surface area (Å²) in [6.07, 6.45) is 2.73. The van der Waals surface area contributed by atoms with Gasteiger partial charge in [0.1, 0.15) is 11.6 Å². The van der Waals surface area contributed by atoms with E-state index in [1.165, 1.54) is 35.5 Å². The molecule has 1 amide bonds. The van der Waals surface area contributed by atoms with E-state index in [-0.39, 0.29) is 24.4 Å². The van der Waals surface area contributed by atoms with Crippen LogP contribution in [0.15, 0.2) is 24.3 Å². The lowest BCUT2D eigenvalue weighted by Gasteiger charge is -2.32. The van der Waals surface area contributed by atoms with Crippen molar-refractivity contribution >= 4 is 5.91 Å². The number of nitrogens with one attached hydrogen (secondary N) is 1. The number of rotatable bonds is 7. The number of hydrogen-bond donors (Lipinski definition) is 1. The van der Waals surface area contributed by atoms with E-state index in [0.717, 1.165) is 57.7 Å². The number of nitrogens with zero attached hydrogens (tertiary/aromatic N) is 3. The maximum Gasteiger partial charge on any atom is 0.258 e. The van der Waals surface area contributed by atoms with Gasteiger partial charge in [-0.1, -0.05) is 0 Å².